The zero-order valence-corrected chi connectivity index (χ0v) is 11.3. The molecular weight excluding hydrogens is 210 g/mol. The van der Waals surface area contributed by atoms with Crippen LogP contribution in [0.2, 0.25) is 0 Å². The molecule has 1 heterocycles. The molecule has 94 valence electrons. The Morgan fingerprint density at radius 1 is 1.24 bits per heavy atom. The third-order valence-corrected chi connectivity index (χ3v) is 3.92. The van der Waals surface area contributed by atoms with Crippen molar-refractivity contribution in [3.8, 4) is 0 Å². The third-order valence-electron chi connectivity index (χ3n) is 3.92. The first-order chi connectivity index (χ1) is 7.93. The van der Waals surface area contributed by atoms with Crippen LogP contribution in [-0.2, 0) is 5.60 Å². The summed E-state index contributed by atoms with van der Waals surface area (Å²) in [5.41, 5.74) is 3.99. The number of benzene rings is 1. The molecule has 0 radical (unpaired) electrons. The maximum Gasteiger partial charge on any atom is 0.103 e. The minimum Gasteiger partial charge on any atom is -0.384 e. The number of nitrogens with one attached hydrogen (secondary N) is 1. The van der Waals surface area contributed by atoms with Crippen LogP contribution in [0.15, 0.2) is 12.1 Å². The van der Waals surface area contributed by atoms with Gasteiger partial charge in [-0.1, -0.05) is 17.7 Å². The largest absolute Gasteiger partial charge is 0.384 e. The average molecular weight is 233 g/mol. The van der Waals surface area contributed by atoms with Crippen molar-refractivity contribution in [2.24, 2.45) is 0 Å². The molecule has 0 saturated carbocycles. The molecule has 2 rings (SSSR count). The fourth-order valence-electron chi connectivity index (χ4n) is 3.32. The summed E-state index contributed by atoms with van der Waals surface area (Å²) in [4.78, 5) is 0. The number of aryl methyl sites for hydroxylation is 3. The summed E-state index contributed by atoms with van der Waals surface area (Å²) in [6.45, 7) is 9.26. The monoisotopic (exact) mass is 233 g/mol. The second kappa shape index (κ2) is 4.43. The van der Waals surface area contributed by atoms with Gasteiger partial charge in [0.2, 0.25) is 0 Å². The van der Waals surface area contributed by atoms with E-state index in [0.717, 1.165) is 24.9 Å². The van der Waals surface area contributed by atoms with Gasteiger partial charge in [0, 0.05) is 6.04 Å². The van der Waals surface area contributed by atoms with Crippen molar-refractivity contribution in [1.82, 2.24) is 5.32 Å². The zero-order chi connectivity index (χ0) is 12.6. The van der Waals surface area contributed by atoms with Crippen molar-refractivity contribution in [2.45, 2.75) is 52.2 Å². The summed E-state index contributed by atoms with van der Waals surface area (Å²) >= 11 is 0. The van der Waals surface area contributed by atoms with Crippen LogP contribution in [0.25, 0.3) is 0 Å². The highest BCUT2D eigenvalue weighted by molar-refractivity contribution is 5.42. The molecule has 1 saturated heterocycles. The lowest BCUT2D eigenvalue weighted by Crippen LogP contribution is -2.43. The smallest absolute Gasteiger partial charge is 0.103 e. The molecule has 0 amide bonds. The van der Waals surface area contributed by atoms with E-state index >= 15 is 0 Å². The van der Waals surface area contributed by atoms with Gasteiger partial charge in [-0.25, -0.2) is 0 Å². The topological polar surface area (TPSA) is 32.3 Å². The summed E-state index contributed by atoms with van der Waals surface area (Å²) in [6, 6.07) is 4.50. The molecule has 2 heteroatoms. The van der Waals surface area contributed by atoms with Gasteiger partial charge in [-0.05, 0) is 63.8 Å². The Balaban J connectivity index is 2.44. The molecule has 1 aromatic rings. The standard InChI is InChI=1S/C15H23NO/c1-10-8-11(2)14(12(3)9-10)15(4,17)13-6-5-7-16-13/h8-9,13,16-17H,5-7H2,1-4H3/t13-,15?/m0/s1. The van der Waals surface area contributed by atoms with Crippen LogP contribution in [0.3, 0.4) is 0 Å². The van der Waals surface area contributed by atoms with Gasteiger partial charge in [0.25, 0.3) is 0 Å². The normalized spacial score (nSPS) is 23.7. The van der Waals surface area contributed by atoms with Crippen molar-refractivity contribution in [1.29, 1.82) is 0 Å². The van der Waals surface area contributed by atoms with Gasteiger partial charge in [0.15, 0.2) is 0 Å². The highest BCUT2D eigenvalue weighted by Crippen LogP contribution is 2.34. The molecule has 2 nitrogen and oxygen atoms in total. The summed E-state index contributed by atoms with van der Waals surface area (Å²) < 4.78 is 0. The lowest BCUT2D eigenvalue weighted by atomic mass is 9.81. The number of hydrogen-bond donors (Lipinski definition) is 2. The predicted octanol–water partition coefficient (Wildman–Crippen LogP) is 2.57. The Labute approximate surface area is 104 Å². The van der Waals surface area contributed by atoms with Gasteiger partial charge in [-0.3, -0.25) is 0 Å². The van der Waals surface area contributed by atoms with Crippen molar-refractivity contribution >= 4 is 0 Å². The van der Waals surface area contributed by atoms with Crippen LogP contribution in [0, 0.1) is 20.8 Å². The molecule has 2 atom stereocenters. The lowest BCUT2D eigenvalue weighted by Gasteiger charge is -2.33. The molecule has 0 aliphatic carbocycles. The van der Waals surface area contributed by atoms with E-state index in [0.29, 0.717) is 0 Å². The first kappa shape index (κ1) is 12.6. The van der Waals surface area contributed by atoms with Gasteiger partial charge >= 0.3 is 0 Å². The molecular formula is C15H23NO. The SMILES string of the molecule is Cc1cc(C)c(C(C)(O)[C@@H]2CCCN2)c(C)c1. The van der Waals surface area contributed by atoms with Crippen molar-refractivity contribution in [3.63, 3.8) is 0 Å². The summed E-state index contributed by atoms with van der Waals surface area (Å²) in [5, 5.41) is 14.3. The van der Waals surface area contributed by atoms with E-state index in [1.807, 2.05) is 6.92 Å². The first-order valence-electron chi connectivity index (χ1n) is 6.47. The second-order valence-electron chi connectivity index (χ2n) is 5.57. The quantitative estimate of drug-likeness (QED) is 0.823. The van der Waals surface area contributed by atoms with Crippen LogP contribution >= 0.6 is 0 Å². The van der Waals surface area contributed by atoms with E-state index < -0.39 is 5.60 Å². The Morgan fingerprint density at radius 2 is 1.82 bits per heavy atom. The van der Waals surface area contributed by atoms with Crippen LogP contribution in [0.1, 0.15) is 42.0 Å². The van der Waals surface area contributed by atoms with Gasteiger partial charge < -0.3 is 10.4 Å². The molecule has 0 spiro atoms. The van der Waals surface area contributed by atoms with E-state index in [1.54, 1.807) is 0 Å². The Hall–Kier alpha value is -0.860. The van der Waals surface area contributed by atoms with Gasteiger partial charge in [0.1, 0.15) is 5.60 Å². The lowest BCUT2D eigenvalue weighted by molar-refractivity contribution is 0.0207. The molecule has 17 heavy (non-hydrogen) atoms. The zero-order valence-electron chi connectivity index (χ0n) is 11.3. The summed E-state index contributed by atoms with van der Waals surface area (Å²) in [6.07, 6.45) is 2.21. The van der Waals surface area contributed by atoms with Crippen LogP contribution in [-0.4, -0.2) is 17.7 Å². The average Bonchev–Trinajstić information content (AvgIpc) is 2.67. The van der Waals surface area contributed by atoms with E-state index in [-0.39, 0.29) is 6.04 Å². The summed E-state index contributed by atoms with van der Waals surface area (Å²) in [5.74, 6) is 0. The predicted molar refractivity (Wildman–Crippen MR) is 71.2 cm³/mol. The van der Waals surface area contributed by atoms with Gasteiger partial charge in [-0.15, -0.1) is 0 Å². The van der Waals surface area contributed by atoms with E-state index in [2.05, 4.69) is 38.2 Å². The highest BCUT2D eigenvalue weighted by atomic mass is 16.3. The van der Waals surface area contributed by atoms with E-state index in [1.165, 1.54) is 16.7 Å². The fraction of sp³-hybridized carbons (Fsp3) is 0.600. The minimum atomic E-state index is -0.766. The Kier molecular flexibility index (Phi) is 3.28. The Bertz CT molecular complexity index is 394. The molecule has 1 unspecified atom stereocenters. The number of hydrogen-bond acceptors (Lipinski definition) is 2. The van der Waals surface area contributed by atoms with Crippen molar-refractivity contribution in [3.05, 3.63) is 34.4 Å². The molecule has 1 aromatic carbocycles. The minimum absolute atomic E-state index is 0.183. The highest BCUT2D eigenvalue weighted by Gasteiger charge is 2.37. The van der Waals surface area contributed by atoms with Crippen LogP contribution in [0.4, 0.5) is 0 Å². The third kappa shape index (κ3) is 2.24. The van der Waals surface area contributed by atoms with Crippen molar-refractivity contribution in [2.75, 3.05) is 6.54 Å². The van der Waals surface area contributed by atoms with Crippen LogP contribution in [0.5, 0.6) is 0 Å². The summed E-state index contributed by atoms with van der Waals surface area (Å²) in [7, 11) is 0. The molecule has 1 fully saturated rings. The second-order valence-corrected chi connectivity index (χ2v) is 5.57. The van der Waals surface area contributed by atoms with E-state index in [4.69, 9.17) is 0 Å². The number of rotatable bonds is 2. The molecule has 0 aromatic heterocycles. The fourth-order valence-corrected chi connectivity index (χ4v) is 3.32. The number of aliphatic hydroxyl groups is 1. The maximum atomic E-state index is 10.9. The molecule has 2 N–H and O–H groups in total. The van der Waals surface area contributed by atoms with Gasteiger partial charge in [-0.2, -0.15) is 0 Å². The van der Waals surface area contributed by atoms with Gasteiger partial charge in [0.05, 0.1) is 0 Å². The van der Waals surface area contributed by atoms with Crippen LogP contribution < -0.4 is 5.32 Å². The first-order valence-corrected chi connectivity index (χ1v) is 6.47. The molecule has 0 bridgehead atoms. The maximum absolute atomic E-state index is 10.9. The van der Waals surface area contributed by atoms with E-state index in [9.17, 15) is 5.11 Å². The van der Waals surface area contributed by atoms with Crippen molar-refractivity contribution < 1.29 is 5.11 Å². The molecule has 1 aliphatic heterocycles. The molecule has 1 aliphatic rings. The Morgan fingerprint density at radius 3 is 2.29 bits per heavy atom.